The lowest BCUT2D eigenvalue weighted by Gasteiger charge is -2.10. The summed E-state index contributed by atoms with van der Waals surface area (Å²) < 4.78 is 0.462. The minimum Gasteiger partial charge on any atom is -0.381 e. The van der Waals surface area contributed by atoms with Gasteiger partial charge in [-0.05, 0) is 15.9 Å². The van der Waals surface area contributed by atoms with Crippen molar-refractivity contribution in [2.24, 2.45) is 5.84 Å². The van der Waals surface area contributed by atoms with Gasteiger partial charge in [0.15, 0.2) is 11.6 Å². The SMILES string of the molecule is Nc1ncc(Br)nc1N(N)C=O. The number of rotatable bonds is 2. The molecule has 0 aliphatic carbocycles. The topological polar surface area (TPSA) is 98.1 Å². The van der Waals surface area contributed by atoms with Crippen LogP contribution in [-0.4, -0.2) is 16.4 Å². The Hall–Kier alpha value is -1.21. The van der Waals surface area contributed by atoms with E-state index in [1.165, 1.54) is 6.20 Å². The molecule has 0 saturated carbocycles. The van der Waals surface area contributed by atoms with Crippen LogP contribution in [-0.2, 0) is 4.79 Å². The summed E-state index contributed by atoms with van der Waals surface area (Å²) in [7, 11) is 0. The van der Waals surface area contributed by atoms with Crippen LogP contribution in [0.4, 0.5) is 11.6 Å². The molecule has 0 aromatic carbocycles. The molecule has 1 rings (SSSR count). The number of halogens is 1. The van der Waals surface area contributed by atoms with Gasteiger partial charge in [0.2, 0.25) is 6.41 Å². The highest BCUT2D eigenvalue weighted by molar-refractivity contribution is 9.10. The van der Waals surface area contributed by atoms with E-state index in [9.17, 15) is 4.79 Å². The first-order valence-corrected chi connectivity index (χ1v) is 3.71. The Morgan fingerprint density at radius 1 is 1.67 bits per heavy atom. The lowest BCUT2D eigenvalue weighted by Crippen LogP contribution is -2.30. The highest BCUT2D eigenvalue weighted by atomic mass is 79.9. The molecule has 0 aliphatic rings. The summed E-state index contributed by atoms with van der Waals surface area (Å²) in [4.78, 5) is 17.8. The first-order chi connectivity index (χ1) is 5.65. The Bertz CT molecular complexity index is 304. The molecule has 1 aromatic heterocycles. The predicted molar refractivity (Wildman–Crippen MR) is 46.9 cm³/mol. The standard InChI is InChI=1S/C5H6BrN5O/c6-3-1-9-4(7)5(10-3)11(8)2-12/h1-2H,8H2,(H2,7,9). The minimum atomic E-state index is 0.104. The van der Waals surface area contributed by atoms with Crippen molar-refractivity contribution in [3.63, 3.8) is 0 Å². The van der Waals surface area contributed by atoms with Gasteiger partial charge in [-0.1, -0.05) is 0 Å². The van der Waals surface area contributed by atoms with Crippen LogP contribution >= 0.6 is 15.9 Å². The fraction of sp³-hybridized carbons (Fsp3) is 0. The Morgan fingerprint density at radius 2 is 2.33 bits per heavy atom. The fourth-order valence-electron chi connectivity index (χ4n) is 0.608. The molecule has 4 N–H and O–H groups in total. The van der Waals surface area contributed by atoms with Gasteiger partial charge in [-0.3, -0.25) is 4.79 Å². The molecule has 0 fully saturated rings. The normalized spacial score (nSPS) is 9.50. The molecule has 6 nitrogen and oxygen atoms in total. The molecular weight excluding hydrogens is 226 g/mol. The monoisotopic (exact) mass is 231 g/mol. The fourth-order valence-corrected chi connectivity index (χ4v) is 0.878. The molecule has 1 amide bonds. The number of nitrogen functional groups attached to an aromatic ring is 1. The molecular formula is C5H6BrN5O. The average molecular weight is 232 g/mol. The molecule has 12 heavy (non-hydrogen) atoms. The molecule has 64 valence electrons. The highest BCUT2D eigenvalue weighted by Gasteiger charge is 2.07. The quantitative estimate of drug-likeness (QED) is 0.314. The maximum atomic E-state index is 10.2. The van der Waals surface area contributed by atoms with Gasteiger partial charge in [-0.2, -0.15) is 0 Å². The smallest absolute Gasteiger partial charge is 0.229 e. The second-order valence-corrected chi connectivity index (χ2v) is 2.73. The van der Waals surface area contributed by atoms with Gasteiger partial charge in [-0.25, -0.2) is 20.8 Å². The van der Waals surface area contributed by atoms with E-state index in [-0.39, 0.29) is 11.6 Å². The van der Waals surface area contributed by atoms with Crippen LogP contribution in [0, 0.1) is 0 Å². The van der Waals surface area contributed by atoms with E-state index in [4.69, 9.17) is 11.6 Å². The zero-order valence-electron chi connectivity index (χ0n) is 5.94. The lowest BCUT2D eigenvalue weighted by atomic mass is 10.6. The van der Waals surface area contributed by atoms with E-state index < -0.39 is 0 Å². The van der Waals surface area contributed by atoms with Gasteiger partial charge in [0.05, 0.1) is 6.20 Å². The van der Waals surface area contributed by atoms with Crippen molar-refractivity contribution in [3.05, 3.63) is 10.8 Å². The Balaban J connectivity index is 3.12. The molecule has 1 heterocycles. The van der Waals surface area contributed by atoms with E-state index in [0.717, 1.165) is 5.01 Å². The van der Waals surface area contributed by atoms with Crippen LogP contribution in [0.3, 0.4) is 0 Å². The van der Waals surface area contributed by atoms with Crippen LogP contribution in [0.15, 0.2) is 10.8 Å². The van der Waals surface area contributed by atoms with Crippen molar-refractivity contribution in [1.82, 2.24) is 9.97 Å². The lowest BCUT2D eigenvalue weighted by molar-refractivity contribution is -0.107. The molecule has 0 radical (unpaired) electrons. The number of nitrogens with zero attached hydrogens (tertiary/aromatic N) is 3. The Labute approximate surface area is 76.7 Å². The zero-order valence-corrected chi connectivity index (χ0v) is 7.52. The maximum absolute atomic E-state index is 10.2. The summed E-state index contributed by atoms with van der Waals surface area (Å²) in [5.74, 6) is 5.45. The summed E-state index contributed by atoms with van der Waals surface area (Å²) in [5, 5.41) is 0.757. The van der Waals surface area contributed by atoms with Gasteiger partial charge in [0.25, 0.3) is 0 Å². The van der Waals surface area contributed by atoms with Gasteiger partial charge in [-0.15, -0.1) is 0 Å². The molecule has 0 unspecified atom stereocenters. The molecule has 0 atom stereocenters. The van der Waals surface area contributed by atoms with Crippen molar-refractivity contribution < 1.29 is 4.79 Å². The average Bonchev–Trinajstić information content (AvgIpc) is 2.08. The van der Waals surface area contributed by atoms with Crippen LogP contribution in [0.2, 0.25) is 0 Å². The number of amides is 1. The Morgan fingerprint density at radius 3 is 2.92 bits per heavy atom. The van der Waals surface area contributed by atoms with Gasteiger partial charge in [0.1, 0.15) is 4.60 Å². The number of nitrogens with two attached hydrogens (primary N) is 2. The number of carbonyl (C=O) groups excluding carboxylic acids is 1. The van der Waals surface area contributed by atoms with Crippen molar-refractivity contribution in [1.29, 1.82) is 0 Å². The third-order valence-corrected chi connectivity index (χ3v) is 1.49. The second kappa shape index (κ2) is 3.46. The molecule has 0 aliphatic heterocycles. The number of hydrogen-bond acceptors (Lipinski definition) is 5. The number of carbonyl (C=O) groups is 1. The highest BCUT2D eigenvalue weighted by Crippen LogP contribution is 2.16. The summed E-state index contributed by atoms with van der Waals surface area (Å²) >= 11 is 3.07. The Kier molecular flexibility index (Phi) is 2.56. The van der Waals surface area contributed by atoms with Crippen molar-refractivity contribution >= 4 is 34.0 Å². The van der Waals surface area contributed by atoms with Crippen molar-refractivity contribution in [2.45, 2.75) is 0 Å². The molecule has 7 heteroatoms. The number of hydrazine groups is 1. The molecule has 1 aromatic rings. The van der Waals surface area contributed by atoms with Crippen LogP contribution < -0.4 is 16.6 Å². The van der Waals surface area contributed by atoms with Gasteiger partial charge >= 0.3 is 0 Å². The summed E-state index contributed by atoms with van der Waals surface area (Å²) in [6.45, 7) is 0. The molecule has 0 spiro atoms. The first kappa shape index (κ1) is 8.88. The summed E-state index contributed by atoms with van der Waals surface area (Å²) in [6, 6.07) is 0. The zero-order chi connectivity index (χ0) is 9.14. The maximum Gasteiger partial charge on any atom is 0.229 e. The van der Waals surface area contributed by atoms with Crippen LogP contribution in [0.1, 0.15) is 0 Å². The minimum absolute atomic E-state index is 0.104. The van der Waals surface area contributed by atoms with Gasteiger partial charge < -0.3 is 5.73 Å². The van der Waals surface area contributed by atoms with Crippen molar-refractivity contribution in [3.8, 4) is 0 Å². The van der Waals surface area contributed by atoms with Crippen LogP contribution in [0.5, 0.6) is 0 Å². The number of hydrogen-bond donors (Lipinski definition) is 2. The molecule has 0 bridgehead atoms. The molecule has 0 saturated heterocycles. The predicted octanol–water partition coefficient (Wildman–Crippen LogP) is -0.342. The second-order valence-electron chi connectivity index (χ2n) is 1.91. The van der Waals surface area contributed by atoms with Gasteiger partial charge in [0, 0.05) is 0 Å². The first-order valence-electron chi connectivity index (χ1n) is 2.92. The van der Waals surface area contributed by atoms with Crippen molar-refractivity contribution in [2.75, 3.05) is 10.7 Å². The largest absolute Gasteiger partial charge is 0.381 e. The van der Waals surface area contributed by atoms with E-state index >= 15 is 0 Å². The van der Waals surface area contributed by atoms with E-state index in [1.54, 1.807) is 0 Å². The third kappa shape index (κ3) is 1.69. The number of anilines is 2. The summed E-state index contributed by atoms with van der Waals surface area (Å²) in [5.41, 5.74) is 5.39. The van der Waals surface area contributed by atoms with Crippen LogP contribution in [0.25, 0.3) is 0 Å². The van der Waals surface area contributed by atoms with E-state index in [1.807, 2.05) is 0 Å². The third-order valence-electron chi connectivity index (χ3n) is 1.11. The van der Waals surface area contributed by atoms with E-state index in [2.05, 4.69) is 25.9 Å². The summed E-state index contributed by atoms with van der Waals surface area (Å²) in [6.07, 6.45) is 1.81. The number of aromatic nitrogens is 2. The van der Waals surface area contributed by atoms with E-state index in [0.29, 0.717) is 11.0 Å².